The highest BCUT2D eigenvalue weighted by atomic mass is 16.6. The molecule has 3 nitrogen and oxygen atoms in total. The molecule has 1 aliphatic heterocycles. The second kappa shape index (κ2) is 6.57. The minimum atomic E-state index is -0.571. The topological polar surface area (TPSA) is 35.5 Å². The number of ether oxygens (including phenoxy) is 2. The van der Waals surface area contributed by atoms with Crippen LogP contribution in [0.25, 0.3) is 0 Å². The first-order chi connectivity index (χ1) is 9.21. The van der Waals surface area contributed by atoms with Crippen molar-refractivity contribution in [3.05, 3.63) is 24.3 Å². The first kappa shape index (κ1) is 17.0. The summed E-state index contributed by atoms with van der Waals surface area (Å²) >= 11 is 0. The van der Waals surface area contributed by atoms with E-state index in [1.54, 1.807) is 0 Å². The lowest BCUT2D eigenvalue weighted by Crippen LogP contribution is -2.44. The second-order valence-corrected chi connectivity index (χ2v) is 6.39. The van der Waals surface area contributed by atoms with Gasteiger partial charge in [-0.15, -0.1) is 6.58 Å². The van der Waals surface area contributed by atoms with Crippen molar-refractivity contribution in [1.82, 2.24) is 0 Å². The lowest BCUT2D eigenvalue weighted by Gasteiger charge is -2.35. The molecule has 0 radical (unpaired) electrons. The van der Waals surface area contributed by atoms with Crippen molar-refractivity contribution in [3.8, 4) is 0 Å². The molecule has 0 saturated carbocycles. The van der Waals surface area contributed by atoms with Crippen LogP contribution in [0.2, 0.25) is 0 Å². The number of rotatable bonds is 6. The Kier molecular flexibility index (Phi) is 5.58. The second-order valence-electron chi connectivity index (χ2n) is 6.39. The van der Waals surface area contributed by atoms with Crippen LogP contribution in [0.3, 0.4) is 0 Å². The molecule has 1 aliphatic rings. The molecular formula is C17H28O3. The van der Waals surface area contributed by atoms with Crippen LogP contribution in [0.5, 0.6) is 0 Å². The van der Waals surface area contributed by atoms with Crippen LogP contribution in [0.4, 0.5) is 0 Å². The lowest BCUT2D eigenvalue weighted by atomic mass is 9.90. The van der Waals surface area contributed by atoms with Crippen LogP contribution in [0.1, 0.15) is 60.3 Å². The van der Waals surface area contributed by atoms with Gasteiger partial charge in [0.25, 0.3) is 0 Å². The molecule has 0 N–H and O–H groups in total. The maximum Gasteiger partial charge on any atom is 0.303 e. The van der Waals surface area contributed by atoms with Gasteiger partial charge in [0.15, 0.2) is 0 Å². The normalized spacial score (nSPS) is 28.6. The number of esters is 1. The predicted octanol–water partition coefficient (Wildman–Crippen LogP) is 4.18. The van der Waals surface area contributed by atoms with E-state index < -0.39 is 5.60 Å². The van der Waals surface area contributed by atoms with Crippen LogP contribution in [-0.2, 0) is 14.3 Å². The van der Waals surface area contributed by atoms with Gasteiger partial charge in [0.1, 0.15) is 5.60 Å². The highest BCUT2D eigenvalue weighted by Gasteiger charge is 2.45. The van der Waals surface area contributed by atoms with Crippen molar-refractivity contribution < 1.29 is 14.3 Å². The van der Waals surface area contributed by atoms with Crippen molar-refractivity contribution in [3.63, 3.8) is 0 Å². The summed E-state index contributed by atoms with van der Waals surface area (Å²) < 4.78 is 11.7. The molecule has 3 heteroatoms. The molecule has 1 heterocycles. The van der Waals surface area contributed by atoms with E-state index in [1.807, 2.05) is 19.9 Å². The first-order valence-electron chi connectivity index (χ1n) is 7.35. The summed E-state index contributed by atoms with van der Waals surface area (Å²) in [4.78, 5) is 11.4. The predicted molar refractivity (Wildman–Crippen MR) is 81.5 cm³/mol. The summed E-state index contributed by atoms with van der Waals surface area (Å²) in [5.74, 6) is -0.250. The third-order valence-electron chi connectivity index (χ3n) is 4.00. The van der Waals surface area contributed by atoms with Gasteiger partial charge in [-0.1, -0.05) is 17.7 Å². The molecule has 0 amide bonds. The Labute approximate surface area is 123 Å². The Morgan fingerprint density at radius 1 is 1.50 bits per heavy atom. The molecule has 0 aromatic carbocycles. The number of hydrogen-bond acceptors (Lipinski definition) is 3. The smallest absolute Gasteiger partial charge is 0.303 e. The molecule has 0 aromatic rings. The van der Waals surface area contributed by atoms with Crippen molar-refractivity contribution >= 4 is 5.97 Å². The van der Waals surface area contributed by atoms with Crippen molar-refractivity contribution in [2.75, 3.05) is 0 Å². The zero-order chi connectivity index (χ0) is 15.4. The third kappa shape index (κ3) is 4.48. The zero-order valence-corrected chi connectivity index (χ0v) is 13.5. The van der Waals surface area contributed by atoms with E-state index in [4.69, 9.17) is 9.47 Å². The zero-order valence-electron chi connectivity index (χ0n) is 13.5. The third-order valence-corrected chi connectivity index (χ3v) is 4.00. The summed E-state index contributed by atoms with van der Waals surface area (Å²) in [6, 6.07) is 0. The summed E-state index contributed by atoms with van der Waals surface area (Å²) in [5.41, 5.74) is 0.402. The average molecular weight is 280 g/mol. The monoisotopic (exact) mass is 280 g/mol. The van der Waals surface area contributed by atoms with Crippen LogP contribution in [0, 0.1) is 0 Å². The Morgan fingerprint density at radius 2 is 2.15 bits per heavy atom. The van der Waals surface area contributed by atoms with E-state index in [0.29, 0.717) is 0 Å². The van der Waals surface area contributed by atoms with Crippen LogP contribution >= 0.6 is 0 Å². The molecular weight excluding hydrogens is 252 g/mol. The van der Waals surface area contributed by atoms with Crippen LogP contribution in [-0.4, -0.2) is 23.3 Å². The quantitative estimate of drug-likeness (QED) is 0.541. The van der Waals surface area contributed by atoms with Gasteiger partial charge in [0, 0.05) is 6.92 Å². The van der Waals surface area contributed by atoms with E-state index >= 15 is 0 Å². The standard InChI is InChI=1S/C17H28O3/c1-7-16(5)12-10-15(20-16)17(6,19-14(4)18)11-8-9-13(2)3/h7,9,15H,1,8,10-12H2,2-6H3. The molecule has 0 aromatic heterocycles. The Hall–Kier alpha value is -1.09. The maximum atomic E-state index is 11.4. The highest BCUT2D eigenvalue weighted by Crippen LogP contribution is 2.39. The fourth-order valence-electron chi connectivity index (χ4n) is 2.69. The first-order valence-corrected chi connectivity index (χ1v) is 7.35. The molecule has 0 spiro atoms. The van der Waals surface area contributed by atoms with Gasteiger partial charge >= 0.3 is 5.97 Å². The Bertz CT molecular complexity index is 395. The van der Waals surface area contributed by atoms with E-state index in [2.05, 4.69) is 26.5 Å². The van der Waals surface area contributed by atoms with Crippen LogP contribution in [0.15, 0.2) is 24.3 Å². The molecule has 1 fully saturated rings. The fourth-order valence-corrected chi connectivity index (χ4v) is 2.69. The fraction of sp³-hybridized carbons (Fsp3) is 0.706. The number of carbonyl (C=O) groups excluding carboxylic acids is 1. The molecule has 20 heavy (non-hydrogen) atoms. The molecule has 114 valence electrons. The summed E-state index contributed by atoms with van der Waals surface area (Å²) in [6.07, 6.45) is 7.41. The largest absolute Gasteiger partial charge is 0.457 e. The highest BCUT2D eigenvalue weighted by molar-refractivity contribution is 5.66. The minimum Gasteiger partial charge on any atom is -0.457 e. The lowest BCUT2D eigenvalue weighted by molar-refractivity contribution is -0.176. The minimum absolute atomic E-state index is 0.0695. The van der Waals surface area contributed by atoms with Crippen molar-refractivity contribution in [2.45, 2.75) is 77.6 Å². The molecule has 1 rings (SSSR count). The van der Waals surface area contributed by atoms with E-state index in [0.717, 1.165) is 25.7 Å². The number of hydrogen-bond donors (Lipinski definition) is 0. The van der Waals surface area contributed by atoms with E-state index in [1.165, 1.54) is 12.5 Å². The van der Waals surface area contributed by atoms with E-state index in [9.17, 15) is 4.79 Å². The molecule has 1 saturated heterocycles. The Balaban J connectivity index is 2.80. The van der Waals surface area contributed by atoms with Gasteiger partial charge in [0.05, 0.1) is 11.7 Å². The molecule has 0 bridgehead atoms. The molecule has 3 atom stereocenters. The van der Waals surface area contributed by atoms with Gasteiger partial charge in [-0.25, -0.2) is 0 Å². The number of carbonyl (C=O) groups is 1. The van der Waals surface area contributed by atoms with Gasteiger partial charge in [0.2, 0.25) is 0 Å². The van der Waals surface area contributed by atoms with Gasteiger partial charge in [-0.3, -0.25) is 4.79 Å². The molecule has 0 aliphatic carbocycles. The van der Waals surface area contributed by atoms with Crippen molar-refractivity contribution in [2.24, 2.45) is 0 Å². The van der Waals surface area contributed by atoms with Crippen molar-refractivity contribution in [1.29, 1.82) is 0 Å². The summed E-state index contributed by atoms with van der Waals surface area (Å²) in [5, 5.41) is 0. The van der Waals surface area contributed by atoms with Crippen LogP contribution < -0.4 is 0 Å². The van der Waals surface area contributed by atoms with Gasteiger partial charge < -0.3 is 9.47 Å². The maximum absolute atomic E-state index is 11.4. The summed E-state index contributed by atoms with van der Waals surface area (Å²) in [7, 11) is 0. The van der Waals surface area contributed by atoms with E-state index in [-0.39, 0.29) is 17.7 Å². The number of allylic oxidation sites excluding steroid dienone is 2. The SMILES string of the molecule is C=CC1(C)CCC(C(C)(CCC=C(C)C)OC(C)=O)O1. The van der Waals surface area contributed by atoms with Gasteiger partial charge in [-0.2, -0.15) is 0 Å². The molecule has 3 unspecified atom stereocenters. The average Bonchev–Trinajstić information content (AvgIpc) is 2.72. The summed E-state index contributed by atoms with van der Waals surface area (Å²) in [6.45, 7) is 13.5. The van der Waals surface area contributed by atoms with Gasteiger partial charge in [-0.05, 0) is 53.4 Å². The Morgan fingerprint density at radius 3 is 2.60 bits per heavy atom.